The number of carbonyl (C=O) groups excluding carboxylic acids is 4. The molecule has 0 N–H and O–H groups in total. The van der Waals surface area contributed by atoms with E-state index in [1.165, 1.54) is 13.2 Å². The van der Waals surface area contributed by atoms with E-state index in [9.17, 15) is 19.2 Å². The molecule has 0 aromatic heterocycles. The fraction of sp³-hybridized carbons (Fsp3) is 0.481. The number of methoxy groups -OCH3 is 2. The van der Waals surface area contributed by atoms with E-state index in [0.29, 0.717) is 22.5 Å². The zero-order chi connectivity index (χ0) is 27.1. The second kappa shape index (κ2) is 9.91. The first-order chi connectivity index (χ1) is 17.6. The summed E-state index contributed by atoms with van der Waals surface area (Å²) in [7, 11) is 2.33. The standard InChI is InChI=1S/C27H30O10/c1-7-13(2)25(30)37-21-15(4)14(3)8-16(9-19(28)32-5)27(24(29)26(31)33-6)11-34-23-20(27)17(21)10-18-22(23)36-12-35-18/h7,9-10,14-15,21H,8,11-12H2,1-6H3/b13-7+,16-9-/t14-,15-,21-,27?/m1/s1. The molecule has 1 aromatic rings. The summed E-state index contributed by atoms with van der Waals surface area (Å²) in [5, 5.41) is 0. The number of hydrogen-bond donors (Lipinski definition) is 0. The molecule has 0 amide bonds. The molecule has 198 valence electrons. The zero-order valence-electron chi connectivity index (χ0n) is 21.7. The molecule has 1 aliphatic carbocycles. The normalized spacial score (nSPS) is 26.9. The third kappa shape index (κ3) is 4.14. The maximum absolute atomic E-state index is 13.9. The van der Waals surface area contributed by atoms with Crippen LogP contribution in [0.25, 0.3) is 0 Å². The molecular weight excluding hydrogens is 484 g/mol. The fourth-order valence-corrected chi connectivity index (χ4v) is 5.10. The van der Waals surface area contributed by atoms with E-state index in [4.69, 9.17) is 28.4 Å². The van der Waals surface area contributed by atoms with Gasteiger partial charge < -0.3 is 28.4 Å². The Morgan fingerprint density at radius 2 is 1.76 bits per heavy atom. The number of allylic oxidation sites excluding steroid dienone is 1. The molecule has 4 rings (SSSR count). The molecule has 10 nitrogen and oxygen atoms in total. The van der Waals surface area contributed by atoms with Gasteiger partial charge in [0.15, 0.2) is 11.5 Å². The van der Waals surface area contributed by atoms with Crippen LogP contribution in [0.1, 0.15) is 51.3 Å². The second-order valence-electron chi connectivity index (χ2n) is 9.45. The minimum atomic E-state index is -1.73. The van der Waals surface area contributed by atoms with Gasteiger partial charge in [0.25, 0.3) is 5.78 Å². The maximum atomic E-state index is 13.9. The van der Waals surface area contributed by atoms with Gasteiger partial charge in [-0.25, -0.2) is 14.4 Å². The predicted molar refractivity (Wildman–Crippen MR) is 128 cm³/mol. The minimum Gasteiger partial charge on any atom is -0.487 e. The van der Waals surface area contributed by atoms with Gasteiger partial charge in [0, 0.05) is 28.7 Å². The quantitative estimate of drug-likeness (QED) is 0.251. The van der Waals surface area contributed by atoms with Crippen LogP contribution in [-0.4, -0.2) is 51.3 Å². The fourth-order valence-electron chi connectivity index (χ4n) is 5.10. The summed E-state index contributed by atoms with van der Waals surface area (Å²) in [5.41, 5.74) is -0.263. The van der Waals surface area contributed by atoms with Crippen molar-refractivity contribution in [2.75, 3.05) is 27.6 Å². The van der Waals surface area contributed by atoms with E-state index in [0.717, 1.165) is 7.11 Å². The van der Waals surface area contributed by atoms with Gasteiger partial charge in [-0.1, -0.05) is 19.9 Å². The van der Waals surface area contributed by atoms with Crippen molar-refractivity contribution < 1.29 is 47.6 Å². The number of ether oxygens (including phenoxy) is 6. The molecule has 1 unspecified atom stereocenters. The zero-order valence-corrected chi connectivity index (χ0v) is 21.7. The van der Waals surface area contributed by atoms with Crippen molar-refractivity contribution in [3.8, 4) is 17.2 Å². The van der Waals surface area contributed by atoms with Crippen LogP contribution >= 0.6 is 0 Å². The molecule has 4 atom stereocenters. The molecule has 0 saturated heterocycles. The number of esters is 3. The lowest BCUT2D eigenvalue weighted by Gasteiger charge is -2.39. The molecule has 3 aliphatic rings. The van der Waals surface area contributed by atoms with Crippen LogP contribution in [0.4, 0.5) is 0 Å². The molecule has 0 bridgehead atoms. The van der Waals surface area contributed by atoms with Crippen LogP contribution in [0.5, 0.6) is 17.2 Å². The molecule has 2 heterocycles. The van der Waals surface area contributed by atoms with E-state index >= 15 is 0 Å². The van der Waals surface area contributed by atoms with Gasteiger partial charge in [-0.05, 0) is 37.8 Å². The number of fused-ring (bicyclic) bond motifs is 2. The lowest BCUT2D eigenvalue weighted by molar-refractivity contribution is -0.154. The largest absolute Gasteiger partial charge is 0.487 e. The van der Waals surface area contributed by atoms with Crippen molar-refractivity contribution in [1.82, 2.24) is 0 Å². The van der Waals surface area contributed by atoms with E-state index in [-0.39, 0.29) is 48.7 Å². The lowest BCUT2D eigenvalue weighted by atomic mass is 9.63. The molecule has 2 aliphatic heterocycles. The lowest BCUT2D eigenvalue weighted by Crippen LogP contribution is -2.47. The van der Waals surface area contributed by atoms with Crippen LogP contribution < -0.4 is 14.2 Å². The third-order valence-electron chi connectivity index (χ3n) is 7.52. The van der Waals surface area contributed by atoms with Gasteiger partial charge in [-0.2, -0.15) is 0 Å². The van der Waals surface area contributed by atoms with Gasteiger partial charge in [0.1, 0.15) is 18.1 Å². The highest BCUT2D eigenvalue weighted by molar-refractivity contribution is 6.38. The van der Waals surface area contributed by atoms with Crippen LogP contribution in [0.3, 0.4) is 0 Å². The van der Waals surface area contributed by atoms with Crippen LogP contribution in [0, 0.1) is 11.8 Å². The predicted octanol–water partition coefficient (Wildman–Crippen LogP) is 3.11. The monoisotopic (exact) mass is 514 g/mol. The number of carbonyl (C=O) groups is 4. The van der Waals surface area contributed by atoms with Crippen molar-refractivity contribution in [2.45, 2.75) is 45.6 Å². The number of hydrogen-bond acceptors (Lipinski definition) is 10. The Bertz CT molecular complexity index is 1230. The average Bonchev–Trinajstić information content (AvgIpc) is 3.53. The number of rotatable bonds is 5. The van der Waals surface area contributed by atoms with E-state index in [2.05, 4.69) is 0 Å². The van der Waals surface area contributed by atoms with Crippen LogP contribution in [0.15, 0.2) is 29.4 Å². The Morgan fingerprint density at radius 1 is 1.03 bits per heavy atom. The Kier molecular flexibility index (Phi) is 7.03. The first kappa shape index (κ1) is 26.2. The molecule has 0 radical (unpaired) electrons. The number of Topliss-reactive ketones (excluding diaryl/α,β-unsaturated/α-hetero) is 1. The van der Waals surface area contributed by atoms with E-state index in [1.807, 2.05) is 13.8 Å². The van der Waals surface area contributed by atoms with Crippen molar-refractivity contribution in [3.63, 3.8) is 0 Å². The van der Waals surface area contributed by atoms with Crippen molar-refractivity contribution in [3.05, 3.63) is 40.5 Å². The summed E-state index contributed by atoms with van der Waals surface area (Å²) < 4.78 is 33.1. The molecule has 10 heteroatoms. The topological polar surface area (TPSA) is 124 Å². The molecule has 0 saturated carbocycles. The van der Waals surface area contributed by atoms with Crippen molar-refractivity contribution in [1.29, 1.82) is 0 Å². The van der Waals surface area contributed by atoms with Gasteiger partial charge in [0.05, 0.1) is 14.2 Å². The summed E-state index contributed by atoms with van der Waals surface area (Å²) >= 11 is 0. The smallest absolute Gasteiger partial charge is 0.375 e. The molecule has 0 spiro atoms. The van der Waals surface area contributed by atoms with E-state index < -0.39 is 35.2 Å². The summed E-state index contributed by atoms with van der Waals surface area (Å²) in [6.07, 6.45) is 2.26. The summed E-state index contributed by atoms with van der Waals surface area (Å²) in [5.74, 6) is -2.87. The van der Waals surface area contributed by atoms with Gasteiger partial charge in [-0.3, -0.25) is 4.79 Å². The molecular formula is C27H30O10. The first-order valence-electron chi connectivity index (χ1n) is 12.0. The Morgan fingerprint density at radius 3 is 2.41 bits per heavy atom. The highest BCUT2D eigenvalue weighted by Gasteiger charge is 2.58. The Hall–Kier alpha value is -3.82. The van der Waals surface area contributed by atoms with E-state index in [1.54, 1.807) is 26.0 Å². The minimum absolute atomic E-state index is 0.0779. The van der Waals surface area contributed by atoms with Gasteiger partial charge in [0.2, 0.25) is 12.5 Å². The molecule has 37 heavy (non-hydrogen) atoms. The number of benzene rings is 1. The maximum Gasteiger partial charge on any atom is 0.375 e. The van der Waals surface area contributed by atoms with Gasteiger partial charge >= 0.3 is 17.9 Å². The van der Waals surface area contributed by atoms with Crippen LogP contribution in [0.2, 0.25) is 0 Å². The Labute approximate surface area is 214 Å². The summed E-state index contributed by atoms with van der Waals surface area (Å²) in [4.78, 5) is 52.0. The third-order valence-corrected chi connectivity index (χ3v) is 7.52. The Balaban J connectivity index is 2.08. The second-order valence-corrected chi connectivity index (χ2v) is 9.45. The van der Waals surface area contributed by atoms with Crippen LogP contribution in [-0.2, 0) is 38.8 Å². The molecule has 0 fully saturated rings. The van der Waals surface area contributed by atoms with Gasteiger partial charge in [-0.15, -0.1) is 0 Å². The number of ketones is 1. The summed E-state index contributed by atoms with van der Waals surface area (Å²) in [6, 6.07) is 1.66. The average molecular weight is 515 g/mol. The van der Waals surface area contributed by atoms with Crippen molar-refractivity contribution in [2.24, 2.45) is 11.8 Å². The molecule has 1 aromatic carbocycles. The van der Waals surface area contributed by atoms with Crippen molar-refractivity contribution >= 4 is 23.7 Å². The highest BCUT2D eigenvalue weighted by atomic mass is 16.7. The SMILES string of the molecule is C/C=C(\C)C(=O)O[C@H]1c2cc3c(c4c2C(C(=O)C(=O)OC)(CO4)/C(=C\C(=O)OC)C[C@@H](C)[C@H]1C)OCO3. The highest BCUT2D eigenvalue weighted by Crippen LogP contribution is 2.59. The first-order valence-corrected chi connectivity index (χ1v) is 12.0. The summed E-state index contributed by atoms with van der Waals surface area (Å²) in [6.45, 7) is 6.86.